The maximum atomic E-state index is 6.67. The largest absolute Gasteiger partial charge is 0.510 e. The summed E-state index contributed by atoms with van der Waals surface area (Å²) in [5.41, 5.74) is 9.49. The molecule has 0 bridgehead atoms. The van der Waals surface area contributed by atoms with Crippen LogP contribution in [0.5, 0.6) is 11.5 Å². The summed E-state index contributed by atoms with van der Waals surface area (Å²) in [7, 11) is 0. The van der Waals surface area contributed by atoms with Crippen LogP contribution >= 0.6 is 0 Å². The van der Waals surface area contributed by atoms with Gasteiger partial charge in [0.15, 0.2) is 0 Å². The molecule has 0 N–H and O–H groups in total. The smallest absolute Gasteiger partial charge is 0.268 e. The van der Waals surface area contributed by atoms with Gasteiger partial charge >= 0.3 is 0 Å². The van der Waals surface area contributed by atoms with Crippen LogP contribution in [0.15, 0.2) is 115 Å². The van der Waals surface area contributed by atoms with Crippen molar-refractivity contribution in [1.82, 2.24) is 14.1 Å². The van der Waals surface area contributed by atoms with E-state index in [-0.39, 0.29) is 37.3 Å². The summed E-state index contributed by atoms with van der Waals surface area (Å²) in [5, 5.41) is 2.25. The van der Waals surface area contributed by atoms with Crippen LogP contribution in [0, 0.1) is 18.5 Å². The topological polar surface area (TPSA) is 35.9 Å². The Labute approximate surface area is 319 Å². The van der Waals surface area contributed by atoms with Gasteiger partial charge in [0, 0.05) is 44.3 Å². The fourth-order valence-corrected chi connectivity index (χ4v) is 7.77. The van der Waals surface area contributed by atoms with Gasteiger partial charge in [0.25, 0.3) is 6.33 Å². The molecule has 0 saturated heterocycles. The average Bonchev–Trinajstić information content (AvgIpc) is 3.66. The van der Waals surface area contributed by atoms with Crippen molar-refractivity contribution in [1.29, 1.82) is 0 Å². The standard InChI is InChI=1S/C46H40N4O.Pt/c1-44(2,3)30-24-25-47-42(26-30)50-38-18-12-11-16-34(38)35-22-20-32(27-40(35)50)51-33-21-23-36-41(28-33)49-29-48(31-14-9-8-10-15-31)39-19-13-17-37(43(39)49)46(6,7)45(36,4)5;/h8-26H,1-7H3;/q-2;. The molecule has 52 heavy (non-hydrogen) atoms. The molecular weight excluding hydrogens is 820 g/mol. The Morgan fingerprint density at radius 2 is 1.42 bits per heavy atom. The first-order valence-electron chi connectivity index (χ1n) is 17.7. The fourth-order valence-electron chi connectivity index (χ4n) is 7.77. The van der Waals surface area contributed by atoms with Crippen molar-refractivity contribution >= 4 is 32.8 Å². The summed E-state index contributed by atoms with van der Waals surface area (Å²) in [6.45, 7) is 16.0. The van der Waals surface area contributed by atoms with Crippen molar-refractivity contribution < 1.29 is 30.4 Å². The van der Waals surface area contributed by atoms with Gasteiger partial charge < -0.3 is 13.9 Å². The van der Waals surface area contributed by atoms with Crippen molar-refractivity contribution in [2.24, 2.45) is 0 Å². The predicted molar refractivity (Wildman–Crippen MR) is 205 cm³/mol. The van der Waals surface area contributed by atoms with E-state index in [0.717, 1.165) is 50.0 Å². The second kappa shape index (κ2) is 12.0. The van der Waals surface area contributed by atoms with E-state index in [9.17, 15) is 0 Å². The Hall–Kier alpha value is -4.99. The minimum atomic E-state index is -0.226. The van der Waals surface area contributed by atoms with Gasteiger partial charge in [-0.1, -0.05) is 109 Å². The number of aromatic nitrogens is 4. The minimum Gasteiger partial charge on any atom is -0.510 e. The van der Waals surface area contributed by atoms with Crippen LogP contribution in [0.25, 0.3) is 50.0 Å². The maximum absolute atomic E-state index is 6.67. The molecular formula is C46H40N4OPt-2. The molecule has 8 aromatic rings. The van der Waals surface area contributed by atoms with Crippen LogP contribution in [0.4, 0.5) is 0 Å². The van der Waals surface area contributed by atoms with E-state index in [1.807, 2.05) is 24.4 Å². The molecule has 1 aliphatic rings. The van der Waals surface area contributed by atoms with Crippen molar-refractivity contribution in [3.63, 3.8) is 0 Å². The molecule has 0 aliphatic carbocycles. The van der Waals surface area contributed by atoms with Crippen molar-refractivity contribution in [3.8, 4) is 28.7 Å². The molecule has 0 saturated carbocycles. The summed E-state index contributed by atoms with van der Waals surface area (Å²) < 4.78 is 13.2. The van der Waals surface area contributed by atoms with Crippen LogP contribution < -0.4 is 9.30 Å². The number of para-hydroxylation sites is 3. The normalized spacial score (nSPS) is 14.6. The Bertz CT molecular complexity index is 2660. The summed E-state index contributed by atoms with van der Waals surface area (Å²) in [4.78, 5) is 4.84. The first-order valence-corrected chi connectivity index (χ1v) is 17.7. The molecule has 0 unspecified atom stereocenters. The van der Waals surface area contributed by atoms with E-state index in [1.54, 1.807) is 0 Å². The molecule has 0 spiro atoms. The van der Waals surface area contributed by atoms with E-state index in [2.05, 4.69) is 172 Å². The van der Waals surface area contributed by atoms with E-state index < -0.39 is 0 Å². The van der Waals surface area contributed by atoms with Gasteiger partial charge in [-0.2, -0.15) is 12.1 Å². The van der Waals surface area contributed by atoms with Crippen molar-refractivity contribution in [2.45, 2.75) is 64.7 Å². The van der Waals surface area contributed by atoms with Gasteiger partial charge in [-0.25, -0.2) is 4.98 Å². The van der Waals surface area contributed by atoms with Crippen LogP contribution in [0.3, 0.4) is 0 Å². The number of rotatable bonds is 4. The molecule has 0 radical (unpaired) electrons. The van der Waals surface area contributed by atoms with E-state index in [1.165, 1.54) is 16.7 Å². The van der Waals surface area contributed by atoms with Gasteiger partial charge in [0.05, 0.1) is 16.7 Å². The second-order valence-electron chi connectivity index (χ2n) is 15.8. The zero-order valence-corrected chi connectivity index (χ0v) is 32.8. The molecule has 262 valence electrons. The van der Waals surface area contributed by atoms with Crippen molar-refractivity contribution in [2.75, 3.05) is 0 Å². The number of imidazole rings is 1. The van der Waals surface area contributed by atoms with E-state index >= 15 is 0 Å². The van der Waals surface area contributed by atoms with Crippen LogP contribution in [-0.2, 0) is 37.3 Å². The first kappa shape index (κ1) is 34.1. The van der Waals surface area contributed by atoms with Gasteiger partial charge in [-0.05, 0) is 68.8 Å². The monoisotopic (exact) mass is 859 g/mol. The van der Waals surface area contributed by atoms with Gasteiger partial charge in [0.2, 0.25) is 0 Å². The van der Waals surface area contributed by atoms with Crippen LogP contribution in [0.1, 0.15) is 65.2 Å². The number of benzene rings is 5. The molecule has 0 atom stereocenters. The van der Waals surface area contributed by atoms with E-state index in [4.69, 9.17) is 9.72 Å². The number of fused-ring (bicyclic) bond motifs is 5. The molecule has 5 aromatic carbocycles. The summed E-state index contributed by atoms with van der Waals surface area (Å²) in [6, 6.07) is 45.5. The summed E-state index contributed by atoms with van der Waals surface area (Å²) in [5.74, 6) is 2.10. The Kier molecular flexibility index (Phi) is 7.89. The molecule has 3 aromatic heterocycles. The Morgan fingerprint density at radius 3 is 2.21 bits per heavy atom. The number of pyridine rings is 1. The fraction of sp³-hybridized carbons (Fsp3) is 0.217. The van der Waals surface area contributed by atoms with Crippen LogP contribution in [-0.4, -0.2) is 14.1 Å². The maximum Gasteiger partial charge on any atom is 0.268 e. The van der Waals surface area contributed by atoms with Crippen LogP contribution in [0.2, 0.25) is 0 Å². The molecule has 5 nitrogen and oxygen atoms in total. The second-order valence-corrected chi connectivity index (χ2v) is 15.8. The number of hydrogen-bond donors (Lipinski definition) is 0. The van der Waals surface area contributed by atoms with E-state index in [0.29, 0.717) is 11.5 Å². The van der Waals surface area contributed by atoms with Gasteiger partial charge in [0.1, 0.15) is 5.82 Å². The third-order valence-corrected chi connectivity index (χ3v) is 11.3. The zero-order valence-electron chi connectivity index (χ0n) is 30.5. The number of hydrogen-bond acceptors (Lipinski definition) is 2. The third kappa shape index (κ3) is 5.08. The van der Waals surface area contributed by atoms with Gasteiger partial charge in [-0.15, -0.1) is 35.2 Å². The zero-order chi connectivity index (χ0) is 35.3. The molecule has 0 amide bonds. The Balaban J connectivity index is 0.00000387. The third-order valence-electron chi connectivity index (χ3n) is 11.3. The average molecular weight is 860 g/mol. The Morgan fingerprint density at radius 1 is 0.712 bits per heavy atom. The quantitative estimate of drug-likeness (QED) is 0.131. The molecule has 0 fully saturated rings. The minimum absolute atomic E-state index is 0. The first-order chi connectivity index (χ1) is 24.4. The molecule has 6 heteroatoms. The van der Waals surface area contributed by atoms with Crippen molar-refractivity contribution in [3.05, 3.63) is 151 Å². The molecule has 9 rings (SSSR count). The number of ether oxygens (including phenoxy) is 1. The summed E-state index contributed by atoms with van der Waals surface area (Å²) in [6.07, 6.45) is 5.62. The molecule has 1 aliphatic heterocycles. The predicted octanol–water partition coefficient (Wildman–Crippen LogP) is 10.5. The van der Waals surface area contributed by atoms with Gasteiger partial charge in [-0.3, -0.25) is 4.57 Å². The SMILES string of the molecule is CC(C)(C)c1ccnc(-n2c3[c-]c(Oc4[c-]c5c(cc4)C(C)(C)C(C)(C)c4cccc6c4n-5[c-][n+]6-c4ccccc4)ccc3c3ccccc32)c1.[Pt]. The number of nitrogens with zero attached hydrogens (tertiary/aromatic N) is 4. The molecule has 4 heterocycles. The summed E-state index contributed by atoms with van der Waals surface area (Å²) >= 11 is 0.